The number of hydrogen-bond acceptors (Lipinski definition) is 1. The van der Waals surface area contributed by atoms with Crippen LogP contribution in [-0.2, 0) is 8.07 Å². The lowest BCUT2D eigenvalue weighted by atomic mass is 10.2. The molecule has 1 aliphatic heterocycles. The molecule has 0 spiro atoms. The topological polar surface area (TPSA) is 12.0 Å². The van der Waals surface area contributed by atoms with Crippen LogP contribution in [-0.4, -0.2) is 0 Å². The SMILES string of the molecule is I[S+]1c2ccccc2Nc2ccccc21. The number of halogens is 1. The second-order valence-corrected chi connectivity index (χ2v) is 7.41. The molecule has 74 valence electrons. The third kappa shape index (κ3) is 1.54. The highest BCUT2D eigenvalue weighted by atomic mass is 127. The molecule has 0 unspecified atom stereocenters. The average Bonchev–Trinajstić information content (AvgIpc) is 2.30. The van der Waals surface area contributed by atoms with E-state index < -0.39 is 0 Å². The van der Waals surface area contributed by atoms with Gasteiger partial charge in [0.15, 0.2) is 9.79 Å². The highest BCUT2D eigenvalue weighted by Gasteiger charge is 2.32. The predicted molar refractivity (Wildman–Crippen MR) is 74.1 cm³/mol. The summed E-state index contributed by atoms with van der Waals surface area (Å²) < 4.78 is 0. The number of anilines is 2. The van der Waals surface area contributed by atoms with Crippen molar-refractivity contribution in [3.8, 4) is 0 Å². The van der Waals surface area contributed by atoms with Crippen molar-refractivity contribution in [1.29, 1.82) is 0 Å². The lowest BCUT2D eigenvalue weighted by Gasteiger charge is -2.16. The summed E-state index contributed by atoms with van der Waals surface area (Å²) in [6.45, 7) is 0. The first-order chi connectivity index (χ1) is 7.36. The normalized spacial score (nSPS) is 13.9. The number of para-hydroxylation sites is 2. The molecule has 0 atom stereocenters. The van der Waals surface area contributed by atoms with E-state index in [0.29, 0.717) is 0 Å². The zero-order chi connectivity index (χ0) is 10.3. The van der Waals surface area contributed by atoms with Crippen molar-refractivity contribution in [3.05, 3.63) is 48.5 Å². The van der Waals surface area contributed by atoms with E-state index in [1.54, 1.807) is 0 Å². The molecule has 0 saturated carbocycles. The van der Waals surface area contributed by atoms with E-state index in [-0.39, 0.29) is 8.07 Å². The van der Waals surface area contributed by atoms with Gasteiger partial charge in [-0.25, -0.2) is 0 Å². The van der Waals surface area contributed by atoms with Crippen LogP contribution in [0.15, 0.2) is 58.3 Å². The molecule has 0 radical (unpaired) electrons. The molecule has 0 aliphatic carbocycles. The Hall–Kier alpha value is -0.680. The first-order valence-electron chi connectivity index (χ1n) is 4.72. The smallest absolute Gasteiger partial charge is 0.264 e. The fourth-order valence-electron chi connectivity index (χ4n) is 1.72. The molecule has 2 aromatic carbocycles. The Morgan fingerprint density at radius 1 is 0.800 bits per heavy atom. The number of nitrogens with one attached hydrogen (secondary N) is 1. The van der Waals surface area contributed by atoms with Crippen LogP contribution in [0, 0.1) is 0 Å². The summed E-state index contributed by atoms with van der Waals surface area (Å²) in [6, 6.07) is 17.1. The molecule has 15 heavy (non-hydrogen) atoms. The first kappa shape index (κ1) is 9.54. The molecule has 3 rings (SSSR count). The number of hydrogen-bond donors (Lipinski definition) is 1. The third-order valence-electron chi connectivity index (χ3n) is 2.43. The molecule has 1 aliphatic rings. The van der Waals surface area contributed by atoms with Gasteiger partial charge >= 0.3 is 0 Å². The van der Waals surface area contributed by atoms with Crippen LogP contribution >= 0.6 is 21.2 Å². The molecule has 0 amide bonds. The van der Waals surface area contributed by atoms with Gasteiger partial charge in [-0.3, -0.25) is 0 Å². The van der Waals surface area contributed by atoms with Crippen LogP contribution in [0.4, 0.5) is 11.4 Å². The molecule has 0 aromatic heterocycles. The van der Waals surface area contributed by atoms with Crippen LogP contribution < -0.4 is 5.32 Å². The minimum Gasteiger partial charge on any atom is -0.347 e. The molecule has 0 saturated heterocycles. The second-order valence-electron chi connectivity index (χ2n) is 3.37. The number of rotatable bonds is 0. The molecule has 3 heteroatoms. The van der Waals surface area contributed by atoms with Crippen molar-refractivity contribution < 1.29 is 0 Å². The van der Waals surface area contributed by atoms with Gasteiger partial charge in [0, 0.05) is 0 Å². The summed E-state index contributed by atoms with van der Waals surface area (Å²) in [6.07, 6.45) is 0. The molecule has 1 heterocycles. The highest BCUT2D eigenvalue weighted by molar-refractivity contribution is 14.2. The van der Waals surface area contributed by atoms with Gasteiger partial charge in [-0.15, -0.1) is 0 Å². The zero-order valence-corrected chi connectivity index (χ0v) is 10.9. The minimum atomic E-state index is 0.167. The van der Waals surface area contributed by atoms with Gasteiger partial charge in [-0.05, 0) is 24.3 Å². The number of fused-ring (bicyclic) bond motifs is 2. The van der Waals surface area contributed by atoms with Crippen molar-refractivity contribution in [2.75, 3.05) is 5.32 Å². The van der Waals surface area contributed by atoms with E-state index in [9.17, 15) is 0 Å². The van der Waals surface area contributed by atoms with Crippen LogP contribution in [0.1, 0.15) is 0 Å². The number of benzene rings is 2. The Labute approximate surface area is 104 Å². The summed E-state index contributed by atoms with van der Waals surface area (Å²) >= 11 is 2.53. The van der Waals surface area contributed by atoms with Crippen molar-refractivity contribution >= 4 is 40.6 Å². The van der Waals surface area contributed by atoms with Crippen LogP contribution in [0.25, 0.3) is 0 Å². The maximum atomic E-state index is 3.47. The molecule has 1 nitrogen and oxygen atoms in total. The lowest BCUT2D eigenvalue weighted by Crippen LogP contribution is -2.08. The summed E-state index contributed by atoms with van der Waals surface area (Å²) in [7, 11) is 0.167. The van der Waals surface area contributed by atoms with Crippen molar-refractivity contribution in [1.82, 2.24) is 0 Å². The fraction of sp³-hybridized carbons (Fsp3) is 0. The van der Waals surface area contributed by atoms with Crippen LogP contribution in [0.5, 0.6) is 0 Å². The highest BCUT2D eigenvalue weighted by Crippen LogP contribution is 2.43. The standard InChI is InChI=1S/C12H9INS/c13-15-11-7-3-1-5-9(11)14-10-6-2-4-8-12(10)15/h1-8,14H/q+1. The van der Waals surface area contributed by atoms with Gasteiger partial charge in [0.25, 0.3) is 21.2 Å². The molecule has 2 aromatic rings. The molecule has 1 N–H and O–H groups in total. The lowest BCUT2D eigenvalue weighted by molar-refractivity contribution is 1.31. The monoisotopic (exact) mass is 326 g/mol. The van der Waals surface area contributed by atoms with Gasteiger partial charge in [0.05, 0.1) is 11.4 Å². The second kappa shape index (κ2) is 3.72. The van der Waals surface area contributed by atoms with E-state index >= 15 is 0 Å². The van der Waals surface area contributed by atoms with E-state index in [1.807, 2.05) is 0 Å². The van der Waals surface area contributed by atoms with Crippen molar-refractivity contribution in [2.24, 2.45) is 0 Å². The minimum absolute atomic E-state index is 0.167. The molecule has 0 fully saturated rings. The maximum absolute atomic E-state index is 3.47. The first-order valence-corrected chi connectivity index (χ1v) is 8.48. The summed E-state index contributed by atoms with van der Waals surface area (Å²) in [4.78, 5) is 2.80. The molecular formula is C12H9INS+. The van der Waals surface area contributed by atoms with Crippen LogP contribution in [0.2, 0.25) is 0 Å². The Morgan fingerprint density at radius 2 is 1.27 bits per heavy atom. The Kier molecular flexibility index (Phi) is 2.36. The largest absolute Gasteiger partial charge is 0.347 e. The Morgan fingerprint density at radius 3 is 1.80 bits per heavy atom. The van der Waals surface area contributed by atoms with Gasteiger partial charge in [-0.2, -0.15) is 0 Å². The van der Waals surface area contributed by atoms with Gasteiger partial charge in [-0.1, -0.05) is 24.3 Å². The van der Waals surface area contributed by atoms with Crippen molar-refractivity contribution in [3.63, 3.8) is 0 Å². The van der Waals surface area contributed by atoms with E-state index in [0.717, 1.165) is 0 Å². The predicted octanol–water partition coefficient (Wildman–Crippen LogP) is 4.13. The quantitative estimate of drug-likeness (QED) is 0.567. The maximum Gasteiger partial charge on any atom is 0.264 e. The van der Waals surface area contributed by atoms with E-state index in [2.05, 4.69) is 75.1 Å². The van der Waals surface area contributed by atoms with Gasteiger partial charge < -0.3 is 5.32 Å². The summed E-state index contributed by atoms with van der Waals surface area (Å²) in [5, 5.41) is 3.47. The van der Waals surface area contributed by atoms with Crippen molar-refractivity contribution in [2.45, 2.75) is 9.79 Å². The summed E-state index contributed by atoms with van der Waals surface area (Å²) in [5.74, 6) is 0. The van der Waals surface area contributed by atoms with Crippen LogP contribution in [0.3, 0.4) is 0 Å². The van der Waals surface area contributed by atoms with E-state index in [4.69, 9.17) is 0 Å². The van der Waals surface area contributed by atoms with Gasteiger partial charge in [0.2, 0.25) is 0 Å². The zero-order valence-electron chi connectivity index (χ0n) is 7.91. The summed E-state index contributed by atoms with van der Waals surface area (Å²) in [5.41, 5.74) is 2.49. The average molecular weight is 326 g/mol. The Balaban J connectivity index is 2.20. The van der Waals surface area contributed by atoms with Gasteiger partial charge in [0.1, 0.15) is 8.07 Å². The molecular weight excluding hydrogens is 317 g/mol. The Bertz CT molecular complexity index is 467. The molecule has 0 bridgehead atoms. The third-order valence-corrected chi connectivity index (χ3v) is 6.76. The fourth-order valence-corrected chi connectivity index (χ4v) is 5.28. The van der Waals surface area contributed by atoms with E-state index in [1.165, 1.54) is 21.2 Å².